The smallest absolute Gasteiger partial charge is 0.135 e. The Morgan fingerprint density at radius 3 is 2.90 bits per heavy atom. The van der Waals surface area contributed by atoms with E-state index < -0.39 is 0 Å². The molecule has 1 atom stereocenters. The van der Waals surface area contributed by atoms with Gasteiger partial charge in [0, 0.05) is 30.4 Å². The third-order valence-corrected chi connectivity index (χ3v) is 5.29. The Bertz CT molecular complexity index is 489. The van der Waals surface area contributed by atoms with Crippen LogP contribution < -0.4 is 15.0 Å². The first-order chi connectivity index (χ1) is 9.62. The number of nitrogens with one attached hydrogen (secondary N) is 1. The fourth-order valence-corrected chi connectivity index (χ4v) is 3.64. The van der Waals surface area contributed by atoms with Gasteiger partial charge in [0.15, 0.2) is 0 Å². The van der Waals surface area contributed by atoms with Crippen molar-refractivity contribution in [2.24, 2.45) is 5.92 Å². The highest BCUT2D eigenvalue weighted by molar-refractivity contribution is 9.10. The van der Waals surface area contributed by atoms with Crippen LogP contribution in [0.2, 0.25) is 0 Å². The van der Waals surface area contributed by atoms with Crippen LogP contribution in [0.1, 0.15) is 26.2 Å². The van der Waals surface area contributed by atoms with Crippen molar-refractivity contribution in [3.63, 3.8) is 0 Å². The van der Waals surface area contributed by atoms with Gasteiger partial charge in [-0.1, -0.05) is 0 Å². The summed E-state index contributed by atoms with van der Waals surface area (Å²) >= 11 is 3.53. The van der Waals surface area contributed by atoms with Crippen LogP contribution in [-0.4, -0.2) is 32.3 Å². The minimum Gasteiger partial charge on any atom is -0.495 e. The summed E-state index contributed by atoms with van der Waals surface area (Å²) in [5, 5.41) is 3.78. The zero-order valence-electron chi connectivity index (χ0n) is 12.3. The third kappa shape index (κ3) is 2.82. The van der Waals surface area contributed by atoms with E-state index in [9.17, 15) is 0 Å². The molecule has 1 saturated carbocycles. The Hall–Kier alpha value is -0.740. The van der Waals surface area contributed by atoms with Crippen molar-refractivity contribution in [1.82, 2.24) is 5.32 Å². The second-order valence-corrected chi connectivity index (χ2v) is 7.07. The Morgan fingerprint density at radius 1 is 1.40 bits per heavy atom. The average molecular weight is 339 g/mol. The zero-order valence-corrected chi connectivity index (χ0v) is 13.9. The summed E-state index contributed by atoms with van der Waals surface area (Å²) < 4.78 is 6.45. The molecule has 1 aromatic rings. The highest BCUT2D eigenvalue weighted by Gasteiger charge is 2.43. The molecule has 0 aromatic heterocycles. The summed E-state index contributed by atoms with van der Waals surface area (Å²) in [6, 6.07) is 6.41. The van der Waals surface area contributed by atoms with Crippen LogP contribution in [0, 0.1) is 5.92 Å². The number of ether oxygens (including phenoxy) is 1. The van der Waals surface area contributed by atoms with Crippen LogP contribution in [0.25, 0.3) is 0 Å². The molecule has 1 unspecified atom stereocenters. The van der Waals surface area contributed by atoms with Gasteiger partial charge in [-0.3, -0.25) is 0 Å². The normalized spacial score (nSPS) is 27.2. The minimum atomic E-state index is 0.261. The molecule has 1 N–H and O–H groups in total. The molecule has 0 spiro atoms. The van der Waals surface area contributed by atoms with Gasteiger partial charge in [0.2, 0.25) is 0 Å². The lowest BCUT2D eigenvalue weighted by Gasteiger charge is -2.35. The van der Waals surface area contributed by atoms with Gasteiger partial charge in [0.05, 0.1) is 11.6 Å². The SMILES string of the molecule is COc1cc(N2CCCNC(C)(C3CC3)C2)ccc1Br. The lowest BCUT2D eigenvalue weighted by atomic mass is 9.95. The van der Waals surface area contributed by atoms with Crippen LogP contribution in [0.15, 0.2) is 22.7 Å². The van der Waals surface area contributed by atoms with Gasteiger partial charge in [-0.05, 0) is 66.7 Å². The van der Waals surface area contributed by atoms with Gasteiger partial charge in [-0.25, -0.2) is 0 Å². The van der Waals surface area contributed by atoms with Crippen LogP contribution in [0.3, 0.4) is 0 Å². The van der Waals surface area contributed by atoms with Crippen molar-refractivity contribution in [1.29, 1.82) is 0 Å². The summed E-state index contributed by atoms with van der Waals surface area (Å²) in [7, 11) is 1.72. The number of benzene rings is 1. The van der Waals surface area contributed by atoms with E-state index in [0.29, 0.717) is 0 Å². The molecule has 4 heteroatoms. The van der Waals surface area contributed by atoms with Gasteiger partial charge in [0.1, 0.15) is 5.75 Å². The summed E-state index contributed by atoms with van der Waals surface area (Å²) in [6.45, 7) is 5.71. The first-order valence-corrected chi connectivity index (χ1v) is 8.25. The standard InChI is InChI=1S/C16H23BrN2O/c1-16(12-4-5-12)11-19(9-3-8-18-16)13-6-7-14(17)15(10-13)20-2/h6-7,10,12,18H,3-5,8-9,11H2,1-2H3. The lowest BCUT2D eigenvalue weighted by Crippen LogP contribution is -2.51. The number of hydrogen-bond acceptors (Lipinski definition) is 3. The Labute approximate surface area is 129 Å². The highest BCUT2D eigenvalue weighted by atomic mass is 79.9. The van der Waals surface area contributed by atoms with Gasteiger partial charge in [-0.2, -0.15) is 0 Å². The molecule has 3 nitrogen and oxygen atoms in total. The summed E-state index contributed by atoms with van der Waals surface area (Å²) in [5.41, 5.74) is 1.53. The molecule has 1 aromatic carbocycles. The number of anilines is 1. The van der Waals surface area contributed by atoms with Crippen molar-refractivity contribution < 1.29 is 4.74 Å². The first kappa shape index (κ1) is 14.2. The van der Waals surface area contributed by atoms with E-state index in [2.05, 4.69) is 51.3 Å². The minimum absolute atomic E-state index is 0.261. The second kappa shape index (κ2) is 5.57. The first-order valence-electron chi connectivity index (χ1n) is 7.46. The van der Waals surface area contributed by atoms with E-state index >= 15 is 0 Å². The van der Waals surface area contributed by atoms with Crippen molar-refractivity contribution in [2.75, 3.05) is 31.6 Å². The molecular weight excluding hydrogens is 316 g/mol. The largest absolute Gasteiger partial charge is 0.495 e. The monoisotopic (exact) mass is 338 g/mol. The van der Waals surface area contributed by atoms with E-state index in [1.807, 2.05) is 0 Å². The van der Waals surface area contributed by atoms with Gasteiger partial charge in [-0.15, -0.1) is 0 Å². The maximum Gasteiger partial charge on any atom is 0.135 e. The molecule has 1 aliphatic heterocycles. The highest BCUT2D eigenvalue weighted by Crippen LogP contribution is 2.41. The van der Waals surface area contributed by atoms with Gasteiger partial charge < -0.3 is 15.0 Å². The number of hydrogen-bond donors (Lipinski definition) is 1. The number of methoxy groups -OCH3 is 1. The molecule has 1 heterocycles. The molecule has 3 rings (SSSR count). The summed E-state index contributed by atoms with van der Waals surface area (Å²) in [4.78, 5) is 2.51. The zero-order chi connectivity index (χ0) is 14.2. The van der Waals surface area contributed by atoms with Crippen molar-refractivity contribution in [3.8, 4) is 5.75 Å². The fraction of sp³-hybridized carbons (Fsp3) is 0.625. The van der Waals surface area contributed by atoms with Crippen molar-refractivity contribution in [3.05, 3.63) is 22.7 Å². The maximum atomic E-state index is 5.43. The van der Waals surface area contributed by atoms with E-state index in [-0.39, 0.29) is 5.54 Å². The van der Waals surface area contributed by atoms with E-state index in [4.69, 9.17) is 4.74 Å². The Balaban J connectivity index is 1.84. The molecule has 0 bridgehead atoms. The molecule has 0 amide bonds. The topological polar surface area (TPSA) is 24.5 Å². The summed E-state index contributed by atoms with van der Waals surface area (Å²) in [6.07, 6.45) is 3.95. The van der Waals surface area contributed by atoms with Gasteiger partial charge in [0.25, 0.3) is 0 Å². The van der Waals surface area contributed by atoms with Crippen LogP contribution >= 0.6 is 15.9 Å². The lowest BCUT2D eigenvalue weighted by molar-refractivity contribution is 0.331. The van der Waals surface area contributed by atoms with E-state index in [0.717, 1.165) is 35.8 Å². The molecule has 110 valence electrons. The maximum absolute atomic E-state index is 5.43. The number of nitrogens with zero attached hydrogens (tertiary/aromatic N) is 1. The van der Waals surface area contributed by atoms with Crippen molar-refractivity contribution in [2.45, 2.75) is 31.7 Å². The van der Waals surface area contributed by atoms with Crippen LogP contribution in [-0.2, 0) is 0 Å². The number of rotatable bonds is 3. The Kier molecular flexibility index (Phi) is 3.95. The van der Waals surface area contributed by atoms with Crippen LogP contribution in [0.4, 0.5) is 5.69 Å². The average Bonchev–Trinajstić information content (AvgIpc) is 3.26. The molecule has 0 radical (unpaired) electrons. The quantitative estimate of drug-likeness (QED) is 0.913. The second-order valence-electron chi connectivity index (χ2n) is 6.21. The fourth-order valence-electron chi connectivity index (χ4n) is 3.23. The number of halogens is 1. The van der Waals surface area contributed by atoms with Crippen molar-refractivity contribution >= 4 is 21.6 Å². The van der Waals surface area contributed by atoms with Gasteiger partial charge >= 0.3 is 0 Å². The third-order valence-electron chi connectivity index (χ3n) is 4.63. The molecule has 2 aliphatic rings. The predicted octanol–water partition coefficient (Wildman–Crippen LogP) is 3.43. The molecular formula is C16H23BrN2O. The molecule has 20 heavy (non-hydrogen) atoms. The molecule has 2 fully saturated rings. The predicted molar refractivity (Wildman–Crippen MR) is 86.7 cm³/mol. The van der Waals surface area contributed by atoms with E-state index in [1.54, 1.807) is 7.11 Å². The van der Waals surface area contributed by atoms with Crippen LogP contribution in [0.5, 0.6) is 5.75 Å². The Morgan fingerprint density at radius 2 is 2.20 bits per heavy atom. The van der Waals surface area contributed by atoms with E-state index in [1.165, 1.54) is 24.9 Å². The summed E-state index contributed by atoms with van der Waals surface area (Å²) in [5.74, 6) is 1.76. The molecule has 1 saturated heterocycles. The molecule has 1 aliphatic carbocycles.